The number of phenols is 4. The molecule has 6 N–H and O–H groups in total. The third kappa shape index (κ3) is 7.03. The summed E-state index contributed by atoms with van der Waals surface area (Å²) in [7, 11) is -3.43. The molecule has 4 aromatic carbocycles. The van der Waals surface area contributed by atoms with E-state index in [1.807, 2.05) is 36.4 Å². The van der Waals surface area contributed by atoms with E-state index in [0.717, 1.165) is 66.8 Å². The molecule has 10 heteroatoms. The van der Waals surface area contributed by atoms with E-state index in [1.165, 1.54) is 22.5 Å². The third-order valence-electron chi connectivity index (χ3n) is 11.3. The van der Waals surface area contributed by atoms with E-state index in [2.05, 4.69) is 110 Å². The molecule has 5 heterocycles. The molecule has 9 rings (SSSR count). The molecule has 0 amide bonds. The predicted molar refractivity (Wildman–Crippen MR) is 253 cm³/mol. The zero-order valence-electron chi connectivity index (χ0n) is 34.4. The van der Waals surface area contributed by atoms with Crippen molar-refractivity contribution in [2.75, 3.05) is 0 Å². The maximum Gasteiger partial charge on any atom is 0.158 e. The minimum absolute atomic E-state index is 0.203. The Labute approximate surface area is 350 Å². The fraction of sp³-hybridized carbons (Fsp3) is 0.120. The number of phenolic OH excluding ortho intramolecular Hbond substituents is 4. The van der Waals surface area contributed by atoms with E-state index in [4.69, 9.17) is 9.97 Å². The number of aromatic hydroxyl groups is 4. The van der Waals surface area contributed by atoms with Gasteiger partial charge in [0.25, 0.3) is 0 Å². The van der Waals surface area contributed by atoms with E-state index in [-0.39, 0.29) is 23.0 Å². The van der Waals surface area contributed by atoms with Gasteiger partial charge >= 0.3 is 0 Å². The number of aromatic amines is 2. The highest BCUT2D eigenvalue weighted by Crippen LogP contribution is 2.41. The van der Waals surface area contributed by atoms with Crippen molar-refractivity contribution in [3.8, 4) is 67.5 Å². The van der Waals surface area contributed by atoms with Crippen molar-refractivity contribution >= 4 is 72.9 Å². The number of rotatable bonds is 6. The van der Waals surface area contributed by atoms with Crippen LogP contribution in [0.5, 0.6) is 23.0 Å². The quantitative estimate of drug-likeness (QED) is 0.0729. The van der Waals surface area contributed by atoms with Crippen LogP contribution in [0.4, 0.5) is 0 Å². The molecule has 8 bridgehead atoms. The molecule has 2 aliphatic heterocycles. The molecule has 298 valence electrons. The Morgan fingerprint density at radius 1 is 0.367 bits per heavy atom. The van der Waals surface area contributed by atoms with Gasteiger partial charge in [-0.3, -0.25) is 0 Å². The van der Waals surface area contributed by atoms with Crippen molar-refractivity contribution in [1.29, 1.82) is 0 Å². The van der Waals surface area contributed by atoms with Gasteiger partial charge in [-0.1, -0.05) is 110 Å². The molecule has 0 spiro atoms. The summed E-state index contributed by atoms with van der Waals surface area (Å²) in [5.41, 5.74) is 12.8. The molecule has 3 aromatic heterocycles. The maximum absolute atomic E-state index is 10.8. The van der Waals surface area contributed by atoms with Crippen LogP contribution >= 0.6 is 0 Å². The molecule has 0 radical (unpaired) electrons. The Bertz CT molecular complexity index is 2920. The summed E-state index contributed by atoms with van der Waals surface area (Å²) < 4.78 is 0. The number of nitrogens with zero attached hydrogens (tertiary/aromatic N) is 2. The minimum atomic E-state index is -1.71. The van der Waals surface area contributed by atoms with Crippen LogP contribution in [0.15, 0.2) is 109 Å². The van der Waals surface area contributed by atoms with Crippen LogP contribution in [0.1, 0.15) is 22.8 Å². The second-order valence-electron chi connectivity index (χ2n) is 17.6. The monoisotopic (exact) mass is 822 g/mol. The van der Waals surface area contributed by atoms with Crippen LogP contribution in [0, 0.1) is 0 Å². The van der Waals surface area contributed by atoms with E-state index in [9.17, 15) is 20.4 Å². The number of hydrogen-bond acceptors (Lipinski definition) is 6. The van der Waals surface area contributed by atoms with E-state index >= 15 is 0 Å². The molecule has 0 fully saturated rings. The summed E-state index contributed by atoms with van der Waals surface area (Å²) in [5, 5.41) is 44.9. The predicted octanol–water partition coefficient (Wildman–Crippen LogP) is 11.2. The van der Waals surface area contributed by atoms with Gasteiger partial charge in [-0.05, 0) is 95.1 Å². The van der Waals surface area contributed by atoms with E-state index in [1.54, 1.807) is 24.3 Å². The summed E-state index contributed by atoms with van der Waals surface area (Å²) in [5.74, 6) is -0.854. The number of hydrogen-bond donors (Lipinski definition) is 6. The topological polar surface area (TPSA) is 138 Å². The van der Waals surface area contributed by atoms with Crippen molar-refractivity contribution in [3.63, 3.8) is 0 Å². The lowest BCUT2D eigenvalue weighted by molar-refractivity contribution is 0.404. The summed E-state index contributed by atoms with van der Waals surface area (Å²) >= 11 is 0. The highest BCUT2D eigenvalue weighted by molar-refractivity contribution is 6.89. The molecule has 60 heavy (non-hydrogen) atoms. The molecule has 0 aliphatic carbocycles. The Hall–Kier alpha value is -6.89. The first-order chi connectivity index (χ1) is 28.6. The van der Waals surface area contributed by atoms with Gasteiger partial charge in [-0.2, -0.15) is 0 Å². The second-order valence-corrected chi connectivity index (χ2v) is 27.7. The van der Waals surface area contributed by atoms with Crippen molar-refractivity contribution in [3.05, 3.63) is 132 Å². The normalized spacial score (nSPS) is 12.6. The average Bonchev–Trinajstić information content (AvgIpc) is 4.05. The van der Waals surface area contributed by atoms with Crippen LogP contribution in [0.3, 0.4) is 0 Å². The zero-order chi connectivity index (χ0) is 42.1. The Kier molecular flexibility index (Phi) is 9.29. The van der Waals surface area contributed by atoms with Gasteiger partial charge in [-0.25, -0.2) is 9.97 Å². The summed E-state index contributed by atoms with van der Waals surface area (Å²) in [4.78, 5) is 18.2. The summed E-state index contributed by atoms with van der Waals surface area (Å²) in [6.45, 7) is 14.0. The van der Waals surface area contributed by atoms with Crippen molar-refractivity contribution in [2.24, 2.45) is 0 Å². The standard InChI is InChI=1S/C50H46N4O4Si2/c1-59(2,3)33-11-7-9-29(25-33)47-35-15-19-39(51-35)49(31-13-23-43(55)45(57)27-31)41-21-17-37(53-41)48(30-10-8-12-34(26-30)60(4,5)6)38-18-22-42(54-38)50(40-20-16-36(47)52-40)32-14-24-44(56)46(58)28-32/h7-28,51,54-58H,1-6H3. The molecule has 7 aromatic rings. The van der Waals surface area contributed by atoms with Gasteiger partial charge in [-0.15, -0.1) is 0 Å². The minimum Gasteiger partial charge on any atom is -0.504 e. The van der Waals surface area contributed by atoms with Crippen LogP contribution < -0.4 is 10.4 Å². The van der Waals surface area contributed by atoms with Crippen LogP contribution in [0.25, 0.3) is 90.9 Å². The number of nitrogens with one attached hydrogen (secondary N) is 2. The Morgan fingerprint density at radius 3 is 0.983 bits per heavy atom. The fourth-order valence-electron chi connectivity index (χ4n) is 8.06. The molecule has 0 unspecified atom stereocenters. The highest BCUT2D eigenvalue weighted by Gasteiger charge is 2.23. The van der Waals surface area contributed by atoms with Gasteiger partial charge in [0, 0.05) is 44.3 Å². The fourth-order valence-corrected chi connectivity index (χ4v) is 10.4. The van der Waals surface area contributed by atoms with E-state index in [0.29, 0.717) is 22.5 Å². The molecule has 0 atom stereocenters. The second kappa shape index (κ2) is 14.4. The lowest BCUT2D eigenvalue weighted by Gasteiger charge is -2.18. The zero-order valence-corrected chi connectivity index (χ0v) is 36.4. The van der Waals surface area contributed by atoms with Gasteiger partial charge < -0.3 is 30.4 Å². The molecule has 2 aliphatic rings. The average molecular weight is 823 g/mol. The van der Waals surface area contributed by atoms with Gasteiger partial charge in [0.05, 0.1) is 38.9 Å². The summed E-state index contributed by atoms with van der Waals surface area (Å²) in [6, 6.07) is 35.3. The lowest BCUT2D eigenvalue weighted by Crippen LogP contribution is -2.37. The Morgan fingerprint density at radius 2 is 0.683 bits per heavy atom. The van der Waals surface area contributed by atoms with Gasteiger partial charge in [0.2, 0.25) is 0 Å². The Balaban J connectivity index is 1.47. The molecular weight excluding hydrogens is 777 g/mol. The summed E-state index contributed by atoms with van der Waals surface area (Å²) in [6.07, 6.45) is 8.06. The van der Waals surface area contributed by atoms with Crippen molar-refractivity contribution in [1.82, 2.24) is 19.9 Å². The number of aromatic nitrogens is 4. The third-order valence-corrected chi connectivity index (χ3v) is 15.4. The number of H-pyrrole nitrogens is 2. The highest BCUT2D eigenvalue weighted by atomic mass is 28.3. The van der Waals surface area contributed by atoms with Crippen LogP contribution in [-0.4, -0.2) is 56.5 Å². The SMILES string of the molecule is C[Si](C)(C)c1cccc(-c2c3nc(c(-c4ccc(O)c(O)c4)c4ccc([nH]4)c(-c4cccc([Si](C)(C)C)c4)c4nc(c(-c5ccc(O)c(O)c5)c5ccc2[nH]5)C=C4)C=C3)c1. The molecular formula is C50H46N4O4Si2. The molecule has 0 saturated heterocycles. The van der Waals surface area contributed by atoms with Crippen LogP contribution in [0.2, 0.25) is 39.3 Å². The molecule has 0 saturated carbocycles. The van der Waals surface area contributed by atoms with Gasteiger partial charge in [0.15, 0.2) is 23.0 Å². The lowest BCUT2D eigenvalue weighted by atomic mass is 10.0. The van der Waals surface area contributed by atoms with Gasteiger partial charge in [0.1, 0.15) is 0 Å². The first-order valence-electron chi connectivity index (χ1n) is 20.1. The van der Waals surface area contributed by atoms with Crippen molar-refractivity contribution in [2.45, 2.75) is 39.3 Å². The van der Waals surface area contributed by atoms with Crippen molar-refractivity contribution < 1.29 is 20.4 Å². The van der Waals surface area contributed by atoms with Crippen LogP contribution in [-0.2, 0) is 0 Å². The number of fused-ring (bicyclic) bond motifs is 8. The largest absolute Gasteiger partial charge is 0.504 e. The smallest absolute Gasteiger partial charge is 0.158 e. The maximum atomic E-state index is 10.8. The first-order valence-corrected chi connectivity index (χ1v) is 27.1. The first kappa shape index (κ1) is 38.6. The van der Waals surface area contributed by atoms with E-state index < -0.39 is 16.1 Å². The molecule has 8 nitrogen and oxygen atoms in total. The number of benzene rings is 4.